The van der Waals surface area contributed by atoms with E-state index in [1.165, 1.54) is 30.4 Å². The molecule has 1 aromatic heterocycles. The number of nitriles is 2. The summed E-state index contributed by atoms with van der Waals surface area (Å²) in [5, 5.41) is 29.4. The number of nitrogens with zero attached hydrogens (tertiary/aromatic N) is 2. The van der Waals surface area contributed by atoms with Gasteiger partial charge >= 0.3 is 5.97 Å². The van der Waals surface area contributed by atoms with E-state index in [-0.39, 0.29) is 5.57 Å². The van der Waals surface area contributed by atoms with E-state index in [0.717, 1.165) is 0 Å². The van der Waals surface area contributed by atoms with E-state index in [0.29, 0.717) is 26.8 Å². The number of thiophene rings is 1. The van der Waals surface area contributed by atoms with Gasteiger partial charge in [-0.3, -0.25) is 4.79 Å². The molecule has 0 aliphatic carbocycles. The van der Waals surface area contributed by atoms with Crippen molar-refractivity contribution in [3.8, 4) is 12.1 Å². The van der Waals surface area contributed by atoms with E-state index in [1.54, 1.807) is 11.4 Å². The van der Waals surface area contributed by atoms with Crippen molar-refractivity contribution < 1.29 is 14.7 Å². The maximum atomic E-state index is 11.3. The Morgan fingerprint density at radius 1 is 1.29 bits per heavy atom. The minimum absolute atomic E-state index is 0.312. The minimum Gasteiger partial charge on any atom is -0.478 e. The molecule has 5 nitrogen and oxygen atoms in total. The Hall–Kier alpha value is -2.96. The van der Waals surface area contributed by atoms with Crippen molar-refractivity contribution in [3.05, 3.63) is 39.8 Å². The van der Waals surface area contributed by atoms with Gasteiger partial charge in [-0.2, -0.15) is 10.5 Å². The quantitative estimate of drug-likeness (QED) is 0.533. The van der Waals surface area contributed by atoms with Crippen LogP contribution in [0.2, 0.25) is 0 Å². The van der Waals surface area contributed by atoms with E-state index < -0.39 is 11.8 Å². The maximum absolute atomic E-state index is 11.3. The van der Waals surface area contributed by atoms with Crippen molar-refractivity contribution in [2.75, 3.05) is 0 Å². The molecule has 1 aromatic carbocycles. The Bertz CT molecular complexity index is 863. The maximum Gasteiger partial charge on any atom is 0.339 e. The van der Waals surface area contributed by atoms with Gasteiger partial charge < -0.3 is 5.11 Å². The van der Waals surface area contributed by atoms with Crippen LogP contribution in [0.5, 0.6) is 0 Å². The Morgan fingerprint density at radius 3 is 2.52 bits per heavy atom. The van der Waals surface area contributed by atoms with Gasteiger partial charge in [-0.05, 0) is 36.1 Å². The third kappa shape index (κ3) is 2.66. The molecule has 0 saturated heterocycles. The van der Waals surface area contributed by atoms with Crippen molar-refractivity contribution in [2.24, 2.45) is 0 Å². The van der Waals surface area contributed by atoms with Crippen LogP contribution in [0.15, 0.2) is 23.1 Å². The topological polar surface area (TPSA) is 102 Å². The number of carboxylic acid groups (broad SMARTS) is 1. The van der Waals surface area contributed by atoms with Crippen LogP contribution in [0, 0.1) is 22.7 Å². The second-order valence-corrected chi connectivity index (χ2v) is 5.11. The summed E-state index contributed by atoms with van der Waals surface area (Å²) >= 11 is 1.27. The average molecular weight is 296 g/mol. The molecule has 0 unspecified atom stereocenters. The smallest absolute Gasteiger partial charge is 0.339 e. The van der Waals surface area contributed by atoms with Gasteiger partial charge in [0.05, 0.1) is 21.9 Å². The highest BCUT2D eigenvalue weighted by Gasteiger charge is 2.15. The summed E-state index contributed by atoms with van der Waals surface area (Å²) in [5.41, 5.74) is 0.840. The number of rotatable bonds is 3. The number of carboxylic acids is 1. The van der Waals surface area contributed by atoms with Crippen LogP contribution in [-0.4, -0.2) is 16.9 Å². The van der Waals surface area contributed by atoms with Gasteiger partial charge in [0.1, 0.15) is 11.6 Å². The third-order valence-corrected chi connectivity index (χ3v) is 3.91. The standard InChI is InChI=1S/C15H8N2O3S/c1-8(18)12(15(19)20)4-11-7-21-14-10(6-17)2-9(5-16)3-13(11)14/h2-4,7H,1H3,(H,19,20)/b12-4+. The van der Waals surface area contributed by atoms with Crippen LogP contribution in [0.1, 0.15) is 23.6 Å². The van der Waals surface area contributed by atoms with E-state index in [1.807, 2.05) is 12.1 Å². The summed E-state index contributed by atoms with van der Waals surface area (Å²) < 4.78 is 0.663. The number of Topliss-reactive ketones (excluding diaryl/α,β-unsaturated/α-hetero) is 1. The molecular weight excluding hydrogens is 288 g/mol. The first-order valence-corrected chi connectivity index (χ1v) is 6.67. The number of carbonyl (C=O) groups is 2. The molecule has 0 fully saturated rings. The van der Waals surface area contributed by atoms with Gasteiger partial charge in [-0.1, -0.05) is 0 Å². The fourth-order valence-electron chi connectivity index (χ4n) is 1.88. The van der Waals surface area contributed by atoms with Crippen LogP contribution < -0.4 is 0 Å². The van der Waals surface area contributed by atoms with Crippen molar-refractivity contribution in [1.29, 1.82) is 10.5 Å². The SMILES string of the molecule is CC(=O)/C(=C\c1csc2c(C#N)cc(C#N)cc12)C(=O)O. The Kier molecular flexibility index (Phi) is 3.84. The molecule has 0 aliphatic rings. The first-order valence-electron chi connectivity index (χ1n) is 5.79. The largest absolute Gasteiger partial charge is 0.478 e. The first-order chi connectivity index (χ1) is 9.97. The Morgan fingerprint density at radius 2 is 2.00 bits per heavy atom. The number of carbonyl (C=O) groups excluding carboxylic acids is 1. The lowest BCUT2D eigenvalue weighted by Crippen LogP contribution is -2.08. The molecule has 1 N–H and O–H groups in total. The number of hydrogen-bond donors (Lipinski definition) is 1. The molecule has 0 aliphatic heterocycles. The third-order valence-electron chi connectivity index (χ3n) is 2.86. The van der Waals surface area contributed by atoms with Gasteiger partial charge in [0.2, 0.25) is 0 Å². The number of benzene rings is 1. The fourth-order valence-corrected chi connectivity index (χ4v) is 2.86. The van der Waals surface area contributed by atoms with Crippen LogP contribution in [0.25, 0.3) is 16.2 Å². The minimum atomic E-state index is -1.31. The molecule has 102 valence electrons. The Balaban J connectivity index is 2.76. The van der Waals surface area contributed by atoms with E-state index in [9.17, 15) is 9.59 Å². The van der Waals surface area contributed by atoms with Crippen molar-refractivity contribution in [2.45, 2.75) is 6.92 Å². The van der Waals surface area contributed by atoms with Crippen LogP contribution in [-0.2, 0) is 9.59 Å². The summed E-state index contributed by atoms with van der Waals surface area (Å²) in [6.45, 7) is 1.18. The molecule has 2 aromatic rings. The molecule has 0 saturated carbocycles. The zero-order valence-corrected chi connectivity index (χ0v) is 11.7. The predicted octanol–water partition coefficient (Wildman–Crippen LogP) is 2.70. The molecule has 1 heterocycles. The highest BCUT2D eigenvalue weighted by Crippen LogP contribution is 2.31. The molecule has 0 atom stereocenters. The summed E-state index contributed by atoms with van der Waals surface area (Å²) in [5.74, 6) is -1.86. The van der Waals surface area contributed by atoms with Gasteiger partial charge in [-0.25, -0.2) is 4.79 Å². The summed E-state index contributed by atoms with van der Waals surface area (Å²) in [7, 11) is 0. The van der Waals surface area contributed by atoms with E-state index in [2.05, 4.69) is 0 Å². The second-order valence-electron chi connectivity index (χ2n) is 4.23. The molecule has 6 heteroatoms. The average Bonchev–Trinajstić information content (AvgIpc) is 2.85. The molecule has 0 amide bonds. The lowest BCUT2D eigenvalue weighted by atomic mass is 10.0. The zero-order chi connectivity index (χ0) is 15.6. The molecule has 21 heavy (non-hydrogen) atoms. The molecule has 0 spiro atoms. The van der Waals surface area contributed by atoms with E-state index in [4.69, 9.17) is 15.6 Å². The summed E-state index contributed by atoms with van der Waals surface area (Å²) in [6.07, 6.45) is 1.27. The van der Waals surface area contributed by atoms with Gasteiger partial charge in [0.25, 0.3) is 0 Å². The van der Waals surface area contributed by atoms with Gasteiger partial charge in [0.15, 0.2) is 5.78 Å². The van der Waals surface area contributed by atoms with Crippen molar-refractivity contribution in [1.82, 2.24) is 0 Å². The number of ketones is 1. The van der Waals surface area contributed by atoms with Crippen LogP contribution in [0.4, 0.5) is 0 Å². The number of fused-ring (bicyclic) bond motifs is 1. The van der Waals surface area contributed by atoms with Crippen molar-refractivity contribution >= 4 is 39.3 Å². The van der Waals surface area contributed by atoms with Crippen LogP contribution >= 0.6 is 11.3 Å². The lowest BCUT2D eigenvalue weighted by Gasteiger charge is -1.99. The molecule has 0 radical (unpaired) electrons. The van der Waals surface area contributed by atoms with Crippen molar-refractivity contribution in [3.63, 3.8) is 0 Å². The monoisotopic (exact) mass is 296 g/mol. The highest BCUT2D eigenvalue weighted by molar-refractivity contribution is 7.17. The fraction of sp³-hybridized carbons (Fsp3) is 0.0667. The molecule has 0 bridgehead atoms. The Labute approximate surface area is 124 Å². The molecule has 2 rings (SSSR count). The highest BCUT2D eigenvalue weighted by atomic mass is 32.1. The van der Waals surface area contributed by atoms with Gasteiger partial charge in [-0.15, -0.1) is 11.3 Å². The molecular formula is C15H8N2O3S. The second kappa shape index (κ2) is 5.58. The first kappa shape index (κ1) is 14.4. The summed E-state index contributed by atoms with van der Waals surface area (Å²) in [6, 6.07) is 7.03. The zero-order valence-electron chi connectivity index (χ0n) is 10.9. The van der Waals surface area contributed by atoms with Crippen LogP contribution in [0.3, 0.4) is 0 Å². The lowest BCUT2D eigenvalue weighted by molar-refractivity contribution is -0.134. The normalized spacial score (nSPS) is 10.9. The number of aliphatic carboxylic acids is 1. The summed E-state index contributed by atoms with van der Waals surface area (Å²) in [4.78, 5) is 22.4. The van der Waals surface area contributed by atoms with E-state index >= 15 is 0 Å². The predicted molar refractivity (Wildman–Crippen MR) is 77.5 cm³/mol. The van der Waals surface area contributed by atoms with Gasteiger partial charge in [0, 0.05) is 5.39 Å². The number of hydrogen-bond acceptors (Lipinski definition) is 5.